The highest BCUT2D eigenvalue weighted by Crippen LogP contribution is 2.15. The zero-order chi connectivity index (χ0) is 7.56. The molecule has 1 aromatic rings. The molecule has 1 rings (SSSR count). The van der Waals surface area contributed by atoms with E-state index in [1.54, 1.807) is 12.3 Å². The van der Waals surface area contributed by atoms with Crippen LogP contribution in [0.4, 0.5) is 5.82 Å². The van der Waals surface area contributed by atoms with Crippen molar-refractivity contribution >= 4 is 27.8 Å². The van der Waals surface area contributed by atoms with Crippen LogP contribution in [0.5, 0.6) is 0 Å². The van der Waals surface area contributed by atoms with Crippen molar-refractivity contribution in [3.8, 4) is 0 Å². The molecule has 3 heteroatoms. The van der Waals surface area contributed by atoms with Gasteiger partial charge in [0, 0.05) is 16.2 Å². The van der Waals surface area contributed by atoms with E-state index in [1.807, 2.05) is 6.07 Å². The largest absolute Gasteiger partial charge is 0.383 e. The van der Waals surface area contributed by atoms with E-state index < -0.39 is 0 Å². The number of halogens is 1. The molecule has 0 atom stereocenters. The van der Waals surface area contributed by atoms with E-state index in [0.717, 1.165) is 10.0 Å². The monoisotopic (exact) mass is 198 g/mol. The van der Waals surface area contributed by atoms with Crippen LogP contribution in [0.3, 0.4) is 0 Å². The number of nitrogens with two attached hydrogens (primary N) is 1. The van der Waals surface area contributed by atoms with Crippen LogP contribution < -0.4 is 5.73 Å². The number of nitrogens with zero attached hydrogens (tertiary/aromatic N) is 1. The Balaban J connectivity index is 3.21. The van der Waals surface area contributed by atoms with Crippen LogP contribution in [0.25, 0.3) is 6.08 Å². The standard InChI is InChI=1S/C7H7BrN2/c1-2-5-3-6(8)4-10-7(5)9/h2-4H,1H2,(H2,9,10). The van der Waals surface area contributed by atoms with Crippen LogP contribution >= 0.6 is 15.9 Å². The van der Waals surface area contributed by atoms with Crippen LogP contribution in [0.1, 0.15) is 5.56 Å². The summed E-state index contributed by atoms with van der Waals surface area (Å²) in [6, 6.07) is 1.87. The first-order chi connectivity index (χ1) is 4.74. The Bertz CT molecular complexity index is 258. The molecule has 10 heavy (non-hydrogen) atoms. The highest BCUT2D eigenvalue weighted by Gasteiger charge is 1.94. The molecule has 0 saturated heterocycles. The highest BCUT2D eigenvalue weighted by atomic mass is 79.9. The van der Waals surface area contributed by atoms with Gasteiger partial charge in [0.2, 0.25) is 0 Å². The minimum Gasteiger partial charge on any atom is -0.383 e. The summed E-state index contributed by atoms with van der Waals surface area (Å²) >= 11 is 3.27. The van der Waals surface area contributed by atoms with Crippen LogP contribution in [0, 0.1) is 0 Å². The molecule has 2 N–H and O–H groups in total. The molecular weight excluding hydrogens is 192 g/mol. The second kappa shape index (κ2) is 2.84. The number of nitrogen functional groups attached to an aromatic ring is 1. The number of rotatable bonds is 1. The molecule has 1 aromatic heterocycles. The Morgan fingerprint density at radius 2 is 2.40 bits per heavy atom. The van der Waals surface area contributed by atoms with Crippen molar-refractivity contribution < 1.29 is 0 Å². The average molecular weight is 199 g/mol. The number of hydrogen-bond acceptors (Lipinski definition) is 2. The van der Waals surface area contributed by atoms with Gasteiger partial charge in [-0.05, 0) is 22.0 Å². The molecule has 0 aliphatic rings. The zero-order valence-corrected chi connectivity index (χ0v) is 6.93. The summed E-state index contributed by atoms with van der Waals surface area (Å²) in [6.07, 6.45) is 3.33. The fraction of sp³-hybridized carbons (Fsp3) is 0. The van der Waals surface area contributed by atoms with Crippen molar-refractivity contribution in [1.29, 1.82) is 0 Å². The zero-order valence-electron chi connectivity index (χ0n) is 5.34. The predicted molar refractivity (Wildman–Crippen MR) is 46.4 cm³/mol. The number of pyridine rings is 1. The van der Waals surface area contributed by atoms with Crippen LogP contribution in [0.15, 0.2) is 23.3 Å². The van der Waals surface area contributed by atoms with Crippen molar-refractivity contribution in [2.24, 2.45) is 0 Å². The SMILES string of the molecule is C=Cc1cc(Br)cnc1N. The third-order valence-electron chi connectivity index (χ3n) is 1.14. The summed E-state index contributed by atoms with van der Waals surface area (Å²) in [5.74, 6) is 0.512. The maximum Gasteiger partial charge on any atom is 0.130 e. The van der Waals surface area contributed by atoms with E-state index in [0.29, 0.717) is 5.82 Å². The Kier molecular flexibility index (Phi) is 2.06. The molecule has 0 fully saturated rings. The smallest absolute Gasteiger partial charge is 0.130 e. The van der Waals surface area contributed by atoms with Gasteiger partial charge in [-0.15, -0.1) is 0 Å². The minimum absolute atomic E-state index is 0.512. The van der Waals surface area contributed by atoms with Gasteiger partial charge in [-0.1, -0.05) is 12.7 Å². The third-order valence-corrected chi connectivity index (χ3v) is 1.57. The second-order valence-electron chi connectivity index (χ2n) is 1.83. The normalized spacial score (nSPS) is 9.30. The van der Waals surface area contributed by atoms with Gasteiger partial charge < -0.3 is 5.73 Å². The second-order valence-corrected chi connectivity index (χ2v) is 2.75. The van der Waals surface area contributed by atoms with Crippen molar-refractivity contribution in [3.05, 3.63) is 28.9 Å². The Morgan fingerprint density at radius 3 is 2.90 bits per heavy atom. The van der Waals surface area contributed by atoms with Gasteiger partial charge in [-0.3, -0.25) is 0 Å². The first-order valence-electron chi connectivity index (χ1n) is 2.77. The highest BCUT2D eigenvalue weighted by molar-refractivity contribution is 9.10. The lowest BCUT2D eigenvalue weighted by molar-refractivity contribution is 1.31. The molecule has 0 aromatic carbocycles. The van der Waals surface area contributed by atoms with Crippen molar-refractivity contribution in [3.63, 3.8) is 0 Å². The summed E-state index contributed by atoms with van der Waals surface area (Å²) in [5, 5.41) is 0. The van der Waals surface area contributed by atoms with E-state index in [2.05, 4.69) is 27.5 Å². The maximum absolute atomic E-state index is 5.50. The molecule has 1 heterocycles. The molecule has 0 aliphatic carbocycles. The lowest BCUT2D eigenvalue weighted by Gasteiger charge is -1.97. The molecule has 0 aliphatic heterocycles. The van der Waals surface area contributed by atoms with Gasteiger partial charge in [0.15, 0.2) is 0 Å². The summed E-state index contributed by atoms with van der Waals surface area (Å²) in [5.41, 5.74) is 6.35. The molecule has 52 valence electrons. The lowest BCUT2D eigenvalue weighted by atomic mass is 10.2. The number of aromatic nitrogens is 1. The van der Waals surface area contributed by atoms with Crippen molar-refractivity contribution in [1.82, 2.24) is 4.98 Å². The molecule has 2 nitrogen and oxygen atoms in total. The minimum atomic E-state index is 0.512. The fourth-order valence-corrected chi connectivity index (χ4v) is 0.978. The van der Waals surface area contributed by atoms with Gasteiger partial charge in [0.25, 0.3) is 0 Å². The van der Waals surface area contributed by atoms with E-state index in [9.17, 15) is 0 Å². The van der Waals surface area contributed by atoms with Gasteiger partial charge in [0.05, 0.1) is 0 Å². The van der Waals surface area contributed by atoms with Gasteiger partial charge >= 0.3 is 0 Å². The predicted octanol–water partition coefficient (Wildman–Crippen LogP) is 2.07. The summed E-state index contributed by atoms with van der Waals surface area (Å²) in [6.45, 7) is 3.59. The quantitative estimate of drug-likeness (QED) is 0.751. The van der Waals surface area contributed by atoms with E-state index in [4.69, 9.17) is 5.73 Å². The van der Waals surface area contributed by atoms with E-state index in [1.165, 1.54) is 0 Å². The topological polar surface area (TPSA) is 38.9 Å². The van der Waals surface area contributed by atoms with Gasteiger partial charge in [-0.2, -0.15) is 0 Å². The lowest BCUT2D eigenvalue weighted by Crippen LogP contribution is -1.92. The molecule has 0 saturated carbocycles. The first kappa shape index (κ1) is 7.28. The Labute approximate surface area is 67.9 Å². The van der Waals surface area contributed by atoms with E-state index >= 15 is 0 Å². The van der Waals surface area contributed by atoms with Gasteiger partial charge in [-0.25, -0.2) is 4.98 Å². The first-order valence-corrected chi connectivity index (χ1v) is 3.57. The molecule has 0 radical (unpaired) electrons. The van der Waals surface area contributed by atoms with Crippen molar-refractivity contribution in [2.45, 2.75) is 0 Å². The molecular formula is C7H7BrN2. The van der Waals surface area contributed by atoms with Crippen LogP contribution in [-0.4, -0.2) is 4.98 Å². The third kappa shape index (κ3) is 1.36. The van der Waals surface area contributed by atoms with Crippen LogP contribution in [0.2, 0.25) is 0 Å². The maximum atomic E-state index is 5.50. The summed E-state index contributed by atoms with van der Waals surface area (Å²) in [4.78, 5) is 3.91. The summed E-state index contributed by atoms with van der Waals surface area (Å²) in [7, 11) is 0. The molecule has 0 bridgehead atoms. The number of hydrogen-bond donors (Lipinski definition) is 1. The average Bonchev–Trinajstić information content (AvgIpc) is 1.94. The number of anilines is 1. The van der Waals surface area contributed by atoms with Gasteiger partial charge in [0.1, 0.15) is 5.82 Å². The van der Waals surface area contributed by atoms with Crippen molar-refractivity contribution in [2.75, 3.05) is 5.73 Å². The Hall–Kier alpha value is -0.830. The Morgan fingerprint density at radius 1 is 1.70 bits per heavy atom. The summed E-state index contributed by atoms with van der Waals surface area (Å²) < 4.78 is 0.914. The van der Waals surface area contributed by atoms with E-state index in [-0.39, 0.29) is 0 Å². The molecule has 0 unspecified atom stereocenters. The molecule has 0 spiro atoms. The molecule has 0 amide bonds. The van der Waals surface area contributed by atoms with Crippen LogP contribution in [-0.2, 0) is 0 Å². The fourth-order valence-electron chi connectivity index (χ4n) is 0.629.